The Morgan fingerprint density at radius 2 is 1.82 bits per heavy atom. The Labute approximate surface area is 210 Å². The zero-order valence-corrected chi connectivity index (χ0v) is 21.5. The minimum Gasteiger partial charge on any atom is -0.497 e. The molecule has 0 unspecified atom stereocenters. The molecule has 7 heteroatoms. The second kappa shape index (κ2) is 12.8. The number of rotatable bonds is 10. The van der Waals surface area contributed by atoms with Crippen LogP contribution in [-0.4, -0.2) is 42.5 Å². The molecule has 0 saturated heterocycles. The molecule has 1 N–H and O–H groups in total. The number of ether oxygens (including phenoxy) is 2. The molecule has 0 spiro atoms. The van der Waals surface area contributed by atoms with Crippen molar-refractivity contribution in [2.45, 2.75) is 64.1 Å². The molecule has 0 heterocycles. The number of halogens is 1. The Morgan fingerprint density at radius 1 is 1.09 bits per heavy atom. The third kappa shape index (κ3) is 7.62. The summed E-state index contributed by atoms with van der Waals surface area (Å²) >= 11 is 2.22. The number of methoxy groups -OCH3 is 1. The first kappa shape index (κ1) is 25.3. The molecule has 1 saturated carbocycles. The van der Waals surface area contributed by atoms with Crippen molar-refractivity contribution >= 4 is 34.4 Å². The first-order chi connectivity index (χ1) is 16.0. The lowest BCUT2D eigenvalue weighted by atomic mass is 9.95. The zero-order valence-electron chi connectivity index (χ0n) is 19.4. The first-order valence-corrected chi connectivity index (χ1v) is 12.7. The molecule has 1 aliphatic carbocycles. The van der Waals surface area contributed by atoms with Crippen LogP contribution in [0.15, 0.2) is 48.5 Å². The number of carbonyl (C=O) groups is 2. The van der Waals surface area contributed by atoms with Crippen molar-refractivity contribution < 1.29 is 19.1 Å². The molecule has 2 amide bonds. The third-order valence-corrected chi connectivity index (χ3v) is 6.72. The Morgan fingerprint density at radius 3 is 2.48 bits per heavy atom. The second-order valence-electron chi connectivity index (χ2n) is 8.38. The van der Waals surface area contributed by atoms with Crippen LogP contribution in [0, 0.1) is 3.57 Å². The van der Waals surface area contributed by atoms with Crippen molar-refractivity contribution in [2.24, 2.45) is 0 Å². The third-order valence-electron chi connectivity index (χ3n) is 6.00. The van der Waals surface area contributed by atoms with E-state index in [1.54, 1.807) is 12.0 Å². The van der Waals surface area contributed by atoms with Gasteiger partial charge in [-0.3, -0.25) is 9.59 Å². The van der Waals surface area contributed by atoms with E-state index >= 15 is 0 Å². The number of carbonyl (C=O) groups excluding carboxylic acids is 2. The summed E-state index contributed by atoms with van der Waals surface area (Å²) in [5, 5.41) is 3.19. The van der Waals surface area contributed by atoms with Crippen LogP contribution in [0.1, 0.15) is 51.0 Å². The van der Waals surface area contributed by atoms with Crippen LogP contribution in [0.25, 0.3) is 0 Å². The van der Waals surface area contributed by atoms with Gasteiger partial charge in [0.2, 0.25) is 5.91 Å². The fraction of sp³-hybridized carbons (Fsp3) is 0.462. The van der Waals surface area contributed by atoms with Gasteiger partial charge in [-0.1, -0.05) is 38.3 Å². The van der Waals surface area contributed by atoms with Gasteiger partial charge < -0.3 is 19.7 Å². The van der Waals surface area contributed by atoms with Crippen molar-refractivity contribution in [1.82, 2.24) is 10.2 Å². The summed E-state index contributed by atoms with van der Waals surface area (Å²) in [5.41, 5.74) is 0.904. The molecule has 0 bridgehead atoms. The summed E-state index contributed by atoms with van der Waals surface area (Å²) in [5.74, 6) is 1.04. The first-order valence-electron chi connectivity index (χ1n) is 11.6. The van der Waals surface area contributed by atoms with Crippen molar-refractivity contribution in [2.75, 3.05) is 13.7 Å². The number of nitrogens with one attached hydrogen (secondary N) is 1. The van der Waals surface area contributed by atoms with Crippen LogP contribution in [-0.2, 0) is 16.1 Å². The highest BCUT2D eigenvalue weighted by atomic mass is 127. The molecule has 6 nitrogen and oxygen atoms in total. The number of amides is 2. The maximum absolute atomic E-state index is 13.3. The van der Waals surface area contributed by atoms with Gasteiger partial charge in [-0.25, -0.2) is 0 Å². The van der Waals surface area contributed by atoms with Gasteiger partial charge in [-0.2, -0.15) is 0 Å². The minimum absolute atomic E-state index is 0.0880. The van der Waals surface area contributed by atoms with Gasteiger partial charge in [0.05, 0.1) is 7.11 Å². The second-order valence-corrected chi connectivity index (χ2v) is 9.63. The van der Waals surface area contributed by atoms with Gasteiger partial charge in [0.15, 0.2) is 6.61 Å². The summed E-state index contributed by atoms with van der Waals surface area (Å²) in [7, 11) is 1.61. The Hall–Kier alpha value is -2.29. The molecule has 2 aromatic carbocycles. The van der Waals surface area contributed by atoms with Crippen LogP contribution < -0.4 is 14.8 Å². The molecule has 178 valence electrons. The van der Waals surface area contributed by atoms with Crippen LogP contribution in [0.2, 0.25) is 0 Å². The van der Waals surface area contributed by atoms with E-state index in [-0.39, 0.29) is 24.5 Å². The minimum atomic E-state index is -0.564. The van der Waals surface area contributed by atoms with Crippen molar-refractivity contribution in [3.63, 3.8) is 0 Å². The number of hydrogen-bond donors (Lipinski definition) is 1. The highest BCUT2D eigenvalue weighted by molar-refractivity contribution is 14.1. The molecule has 0 aromatic heterocycles. The van der Waals surface area contributed by atoms with Gasteiger partial charge in [-0.05, 0) is 83.8 Å². The number of benzene rings is 2. The van der Waals surface area contributed by atoms with Crippen LogP contribution >= 0.6 is 22.6 Å². The topological polar surface area (TPSA) is 67.9 Å². The standard InChI is InChI=1S/C26H33IN2O4/c1-3-24(26(31)28-21-9-5-4-6-10-21)29(17-19-8-7-11-23(16-19)32-2)25(30)18-33-22-14-12-20(27)13-15-22/h7-8,11-16,21,24H,3-6,9-10,17-18H2,1-2H3,(H,28,31)/t24-/m1/s1. The molecular weight excluding hydrogens is 531 g/mol. The van der Waals surface area contributed by atoms with Gasteiger partial charge in [0.25, 0.3) is 5.91 Å². The summed E-state index contributed by atoms with van der Waals surface area (Å²) < 4.78 is 12.2. The summed E-state index contributed by atoms with van der Waals surface area (Å²) in [6.45, 7) is 2.12. The molecule has 0 aliphatic heterocycles. The van der Waals surface area contributed by atoms with E-state index < -0.39 is 6.04 Å². The van der Waals surface area contributed by atoms with E-state index in [1.807, 2.05) is 55.5 Å². The lowest BCUT2D eigenvalue weighted by Gasteiger charge is -2.32. The molecule has 1 aliphatic rings. The highest BCUT2D eigenvalue weighted by Gasteiger charge is 2.30. The Bertz CT molecular complexity index is 913. The smallest absolute Gasteiger partial charge is 0.261 e. The molecular formula is C26H33IN2O4. The zero-order chi connectivity index (χ0) is 23.6. The van der Waals surface area contributed by atoms with Crippen molar-refractivity contribution in [1.29, 1.82) is 0 Å². The van der Waals surface area contributed by atoms with E-state index in [9.17, 15) is 9.59 Å². The maximum atomic E-state index is 13.3. The van der Waals surface area contributed by atoms with Gasteiger partial charge in [-0.15, -0.1) is 0 Å². The molecule has 1 atom stereocenters. The van der Waals surface area contributed by atoms with Crippen LogP contribution in [0.4, 0.5) is 0 Å². The largest absolute Gasteiger partial charge is 0.497 e. The predicted octanol–water partition coefficient (Wildman–Crippen LogP) is 4.93. The average molecular weight is 564 g/mol. The fourth-order valence-electron chi connectivity index (χ4n) is 4.19. The molecule has 1 fully saturated rings. The quantitative estimate of drug-likeness (QED) is 0.416. The molecule has 3 rings (SSSR count). The molecule has 33 heavy (non-hydrogen) atoms. The summed E-state index contributed by atoms with van der Waals surface area (Å²) in [6.07, 6.45) is 6.03. The number of hydrogen-bond acceptors (Lipinski definition) is 4. The summed E-state index contributed by atoms with van der Waals surface area (Å²) in [6, 6.07) is 14.8. The van der Waals surface area contributed by atoms with Gasteiger partial charge >= 0.3 is 0 Å². The molecule has 0 radical (unpaired) electrons. The van der Waals surface area contributed by atoms with E-state index in [4.69, 9.17) is 9.47 Å². The van der Waals surface area contributed by atoms with E-state index in [1.165, 1.54) is 6.42 Å². The fourth-order valence-corrected chi connectivity index (χ4v) is 4.55. The van der Waals surface area contributed by atoms with E-state index in [0.29, 0.717) is 18.7 Å². The maximum Gasteiger partial charge on any atom is 0.261 e. The van der Waals surface area contributed by atoms with E-state index in [0.717, 1.165) is 40.6 Å². The highest BCUT2D eigenvalue weighted by Crippen LogP contribution is 2.21. The molecule has 2 aromatic rings. The Balaban J connectivity index is 1.76. The lowest BCUT2D eigenvalue weighted by Crippen LogP contribution is -2.52. The van der Waals surface area contributed by atoms with Gasteiger partial charge in [0, 0.05) is 16.2 Å². The Kier molecular flexibility index (Phi) is 9.84. The lowest BCUT2D eigenvalue weighted by molar-refractivity contribution is -0.143. The van der Waals surface area contributed by atoms with Gasteiger partial charge in [0.1, 0.15) is 17.5 Å². The number of nitrogens with zero attached hydrogens (tertiary/aromatic N) is 1. The SMILES string of the molecule is CC[C@H](C(=O)NC1CCCCC1)N(Cc1cccc(OC)c1)C(=O)COc1ccc(I)cc1. The summed E-state index contributed by atoms with van der Waals surface area (Å²) in [4.78, 5) is 28.2. The normalized spacial score (nSPS) is 14.9. The van der Waals surface area contributed by atoms with Crippen molar-refractivity contribution in [3.05, 3.63) is 57.7 Å². The van der Waals surface area contributed by atoms with Crippen LogP contribution in [0.5, 0.6) is 11.5 Å². The van der Waals surface area contributed by atoms with Crippen LogP contribution in [0.3, 0.4) is 0 Å². The predicted molar refractivity (Wildman–Crippen MR) is 137 cm³/mol. The monoisotopic (exact) mass is 564 g/mol. The average Bonchev–Trinajstić information content (AvgIpc) is 2.84. The van der Waals surface area contributed by atoms with Crippen molar-refractivity contribution in [3.8, 4) is 11.5 Å². The van der Waals surface area contributed by atoms with E-state index in [2.05, 4.69) is 27.9 Å².